The van der Waals surface area contributed by atoms with Crippen LogP contribution in [0.3, 0.4) is 0 Å². The standard InChI is InChI=1S/C22H27N3O4/c1-17-2-4-18(5-3-17)21(26)24-9-7-23(8-10-24)14-20-15-25(11-13-29-20)22(27)19-6-12-28-16-19/h2-6,12,16,20H,7-11,13-15H2,1H3. The van der Waals surface area contributed by atoms with Gasteiger partial charge in [-0.2, -0.15) is 0 Å². The van der Waals surface area contributed by atoms with Gasteiger partial charge in [0.2, 0.25) is 0 Å². The third kappa shape index (κ3) is 4.68. The number of nitrogens with zero attached hydrogens (tertiary/aromatic N) is 3. The van der Waals surface area contributed by atoms with Crippen molar-refractivity contribution in [3.63, 3.8) is 0 Å². The predicted octanol–water partition coefficient (Wildman–Crippen LogP) is 1.89. The molecule has 29 heavy (non-hydrogen) atoms. The van der Waals surface area contributed by atoms with Crippen LogP contribution in [0.25, 0.3) is 0 Å². The van der Waals surface area contributed by atoms with E-state index in [2.05, 4.69) is 4.90 Å². The van der Waals surface area contributed by atoms with Gasteiger partial charge in [0, 0.05) is 51.4 Å². The molecule has 0 N–H and O–H groups in total. The summed E-state index contributed by atoms with van der Waals surface area (Å²) < 4.78 is 10.9. The molecule has 1 atom stereocenters. The van der Waals surface area contributed by atoms with E-state index in [1.807, 2.05) is 41.0 Å². The molecule has 1 aromatic heterocycles. The summed E-state index contributed by atoms with van der Waals surface area (Å²) in [6.07, 6.45) is 2.98. The lowest BCUT2D eigenvalue weighted by Gasteiger charge is -2.39. The van der Waals surface area contributed by atoms with E-state index in [1.165, 1.54) is 12.5 Å². The number of piperazine rings is 1. The fraction of sp³-hybridized carbons (Fsp3) is 0.455. The first-order valence-electron chi connectivity index (χ1n) is 10.1. The molecule has 2 aromatic rings. The van der Waals surface area contributed by atoms with Gasteiger partial charge in [0.05, 0.1) is 24.5 Å². The monoisotopic (exact) mass is 397 g/mol. The molecule has 2 aliphatic heterocycles. The Morgan fingerprint density at radius 3 is 2.34 bits per heavy atom. The number of furan rings is 1. The lowest BCUT2D eigenvalue weighted by Crippen LogP contribution is -2.54. The highest BCUT2D eigenvalue weighted by molar-refractivity contribution is 5.94. The number of amides is 2. The van der Waals surface area contributed by atoms with E-state index in [4.69, 9.17) is 9.15 Å². The van der Waals surface area contributed by atoms with Crippen molar-refractivity contribution in [3.05, 3.63) is 59.5 Å². The predicted molar refractivity (Wildman–Crippen MR) is 108 cm³/mol. The molecular weight excluding hydrogens is 370 g/mol. The average Bonchev–Trinajstić information content (AvgIpc) is 3.29. The minimum Gasteiger partial charge on any atom is -0.472 e. The summed E-state index contributed by atoms with van der Waals surface area (Å²) in [5.41, 5.74) is 2.47. The van der Waals surface area contributed by atoms with Crippen LogP contribution in [-0.4, -0.2) is 85.0 Å². The number of aryl methyl sites for hydroxylation is 1. The topological polar surface area (TPSA) is 66.2 Å². The summed E-state index contributed by atoms with van der Waals surface area (Å²) >= 11 is 0. The van der Waals surface area contributed by atoms with Crippen molar-refractivity contribution < 1.29 is 18.7 Å². The Morgan fingerprint density at radius 2 is 1.66 bits per heavy atom. The minimum absolute atomic E-state index is 0.0134. The summed E-state index contributed by atoms with van der Waals surface area (Å²) in [5, 5.41) is 0. The zero-order valence-corrected chi connectivity index (χ0v) is 16.8. The fourth-order valence-electron chi connectivity index (χ4n) is 3.88. The number of morpholine rings is 1. The lowest BCUT2D eigenvalue weighted by molar-refractivity contribution is -0.0400. The molecule has 7 heteroatoms. The summed E-state index contributed by atoms with van der Waals surface area (Å²) in [7, 11) is 0. The van der Waals surface area contributed by atoms with E-state index in [1.54, 1.807) is 6.07 Å². The van der Waals surface area contributed by atoms with Gasteiger partial charge in [0.1, 0.15) is 6.26 Å². The molecule has 2 fully saturated rings. The van der Waals surface area contributed by atoms with Gasteiger partial charge in [-0.15, -0.1) is 0 Å². The van der Waals surface area contributed by atoms with Gasteiger partial charge in [-0.1, -0.05) is 17.7 Å². The molecule has 2 saturated heterocycles. The Morgan fingerprint density at radius 1 is 0.931 bits per heavy atom. The van der Waals surface area contributed by atoms with Crippen LogP contribution in [0.15, 0.2) is 47.3 Å². The van der Waals surface area contributed by atoms with Crippen LogP contribution >= 0.6 is 0 Å². The van der Waals surface area contributed by atoms with E-state index in [9.17, 15) is 9.59 Å². The molecule has 0 saturated carbocycles. The second kappa shape index (κ2) is 8.80. The zero-order chi connectivity index (χ0) is 20.2. The number of hydrogen-bond acceptors (Lipinski definition) is 5. The molecule has 154 valence electrons. The van der Waals surface area contributed by atoms with Gasteiger partial charge < -0.3 is 19.0 Å². The Balaban J connectivity index is 1.26. The molecule has 1 aromatic carbocycles. The van der Waals surface area contributed by atoms with Crippen LogP contribution in [0.5, 0.6) is 0 Å². The maximum absolute atomic E-state index is 12.7. The van der Waals surface area contributed by atoms with Gasteiger partial charge in [-0.05, 0) is 25.1 Å². The van der Waals surface area contributed by atoms with E-state index in [0.29, 0.717) is 38.3 Å². The Bertz CT molecular complexity index is 826. The average molecular weight is 397 g/mol. The maximum atomic E-state index is 12.7. The number of benzene rings is 1. The van der Waals surface area contributed by atoms with Gasteiger partial charge in [0.25, 0.3) is 11.8 Å². The van der Waals surface area contributed by atoms with Gasteiger partial charge >= 0.3 is 0 Å². The smallest absolute Gasteiger partial charge is 0.257 e. The van der Waals surface area contributed by atoms with E-state index in [0.717, 1.165) is 30.8 Å². The largest absolute Gasteiger partial charge is 0.472 e. The summed E-state index contributed by atoms with van der Waals surface area (Å²) in [6, 6.07) is 9.43. The van der Waals surface area contributed by atoms with Crippen molar-refractivity contribution in [1.29, 1.82) is 0 Å². The van der Waals surface area contributed by atoms with Crippen LogP contribution in [0.4, 0.5) is 0 Å². The second-order valence-corrected chi connectivity index (χ2v) is 7.71. The van der Waals surface area contributed by atoms with Gasteiger partial charge in [-0.25, -0.2) is 0 Å². The molecule has 0 aliphatic carbocycles. The molecular formula is C22H27N3O4. The number of hydrogen-bond donors (Lipinski definition) is 0. The summed E-state index contributed by atoms with van der Waals surface area (Å²) in [5.74, 6) is 0.0796. The van der Waals surface area contributed by atoms with Crippen molar-refractivity contribution in [2.45, 2.75) is 13.0 Å². The molecule has 1 unspecified atom stereocenters. The number of carbonyl (C=O) groups excluding carboxylic acids is 2. The highest BCUT2D eigenvalue weighted by Gasteiger charge is 2.29. The summed E-state index contributed by atoms with van der Waals surface area (Å²) in [6.45, 7) is 7.53. The van der Waals surface area contributed by atoms with Crippen LogP contribution in [-0.2, 0) is 4.74 Å². The van der Waals surface area contributed by atoms with Crippen molar-refractivity contribution in [3.8, 4) is 0 Å². The number of rotatable bonds is 4. The van der Waals surface area contributed by atoms with E-state index < -0.39 is 0 Å². The van der Waals surface area contributed by atoms with Crippen LogP contribution < -0.4 is 0 Å². The lowest BCUT2D eigenvalue weighted by atomic mass is 10.1. The summed E-state index contributed by atoms with van der Waals surface area (Å²) in [4.78, 5) is 31.3. The molecule has 2 aliphatic rings. The highest BCUT2D eigenvalue weighted by atomic mass is 16.5. The first kappa shape index (κ1) is 19.7. The SMILES string of the molecule is Cc1ccc(C(=O)N2CCN(CC3CN(C(=O)c4ccoc4)CCO3)CC2)cc1. The molecule has 0 radical (unpaired) electrons. The first-order valence-corrected chi connectivity index (χ1v) is 10.1. The normalized spacial score (nSPS) is 20.7. The Labute approximate surface area is 170 Å². The van der Waals surface area contributed by atoms with Crippen LogP contribution in [0, 0.1) is 6.92 Å². The van der Waals surface area contributed by atoms with Crippen molar-refractivity contribution in [2.75, 3.05) is 52.4 Å². The molecule has 7 nitrogen and oxygen atoms in total. The molecule has 4 rings (SSSR count). The van der Waals surface area contributed by atoms with Gasteiger partial charge in [0.15, 0.2) is 0 Å². The van der Waals surface area contributed by atoms with Crippen LogP contribution in [0.1, 0.15) is 26.3 Å². The first-order chi connectivity index (χ1) is 14.1. The zero-order valence-electron chi connectivity index (χ0n) is 16.8. The second-order valence-electron chi connectivity index (χ2n) is 7.71. The minimum atomic E-state index is -0.0149. The third-order valence-electron chi connectivity index (χ3n) is 5.61. The van der Waals surface area contributed by atoms with Crippen molar-refractivity contribution in [1.82, 2.24) is 14.7 Å². The Hall–Kier alpha value is -2.64. The fourth-order valence-corrected chi connectivity index (χ4v) is 3.88. The van der Waals surface area contributed by atoms with Gasteiger partial charge in [-0.3, -0.25) is 14.5 Å². The van der Waals surface area contributed by atoms with Crippen molar-refractivity contribution in [2.24, 2.45) is 0 Å². The third-order valence-corrected chi connectivity index (χ3v) is 5.61. The molecule has 0 bridgehead atoms. The number of ether oxygens (including phenoxy) is 1. The van der Waals surface area contributed by atoms with Crippen LogP contribution in [0.2, 0.25) is 0 Å². The van der Waals surface area contributed by atoms with E-state index >= 15 is 0 Å². The highest BCUT2D eigenvalue weighted by Crippen LogP contribution is 2.14. The Kier molecular flexibility index (Phi) is 5.97. The van der Waals surface area contributed by atoms with E-state index in [-0.39, 0.29) is 17.9 Å². The molecule has 2 amide bonds. The van der Waals surface area contributed by atoms with Crippen molar-refractivity contribution >= 4 is 11.8 Å². The molecule has 0 spiro atoms. The quantitative estimate of drug-likeness (QED) is 0.788. The number of carbonyl (C=O) groups is 2. The molecule has 3 heterocycles. The maximum Gasteiger partial charge on any atom is 0.257 e.